The number of benzene rings is 2. The van der Waals surface area contributed by atoms with Gasteiger partial charge in [-0.1, -0.05) is 74.5 Å². The van der Waals surface area contributed by atoms with Crippen LogP contribution in [0.3, 0.4) is 0 Å². The average molecular weight is 404 g/mol. The van der Waals surface area contributed by atoms with Crippen LogP contribution in [0.25, 0.3) is 5.57 Å². The Morgan fingerprint density at radius 3 is 2.13 bits per heavy atom. The van der Waals surface area contributed by atoms with Gasteiger partial charge in [0.05, 0.1) is 0 Å². The van der Waals surface area contributed by atoms with Crippen LogP contribution in [0.4, 0.5) is 0 Å². The van der Waals surface area contributed by atoms with Crippen molar-refractivity contribution < 1.29 is 9.59 Å². The van der Waals surface area contributed by atoms with E-state index in [-0.39, 0.29) is 11.7 Å². The molecule has 0 aliphatic heterocycles. The fourth-order valence-corrected chi connectivity index (χ4v) is 2.83. The van der Waals surface area contributed by atoms with E-state index in [1.54, 1.807) is 18.5 Å². The standard InChI is InChI=1S/C23H23N3O2.C2H6/c1-26(2)16-20(18-11-7-4-8-12-18)22(27)19-13-21(24-15-19)23(28)25-14-17-9-5-3-6-10-17;1-2/h3-13,15-16,24H,14H2,1-2H3,(H,25,28);1-2H3/b20-16+;. The molecule has 1 heterocycles. The van der Waals surface area contributed by atoms with E-state index < -0.39 is 0 Å². The molecule has 0 aliphatic carbocycles. The Morgan fingerprint density at radius 2 is 1.53 bits per heavy atom. The van der Waals surface area contributed by atoms with Crippen LogP contribution in [0.5, 0.6) is 0 Å². The Labute approximate surface area is 178 Å². The molecule has 1 amide bonds. The Bertz CT molecular complexity index is 974. The van der Waals surface area contributed by atoms with Crippen molar-refractivity contribution in [3.63, 3.8) is 0 Å². The fourth-order valence-electron chi connectivity index (χ4n) is 2.83. The van der Waals surface area contributed by atoms with Crippen LogP contribution >= 0.6 is 0 Å². The monoisotopic (exact) mass is 403 g/mol. The number of nitrogens with zero attached hydrogens (tertiary/aromatic N) is 1. The van der Waals surface area contributed by atoms with Gasteiger partial charge >= 0.3 is 0 Å². The van der Waals surface area contributed by atoms with Gasteiger partial charge in [-0.05, 0) is 17.2 Å². The zero-order valence-corrected chi connectivity index (χ0v) is 18.0. The van der Waals surface area contributed by atoms with Crippen LogP contribution in [0.1, 0.15) is 45.8 Å². The van der Waals surface area contributed by atoms with E-state index in [0.29, 0.717) is 23.4 Å². The maximum Gasteiger partial charge on any atom is 0.267 e. The normalized spacial score (nSPS) is 10.6. The van der Waals surface area contributed by atoms with E-state index in [4.69, 9.17) is 0 Å². The summed E-state index contributed by atoms with van der Waals surface area (Å²) in [6.45, 7) is 4.43. The highest BCUT2D eigenvalue weighted by Gasteiger charge is 2.18. The highest BCUT2D eigenvalue weighted by Crippen LogP contribution is 2.21. The zero-order valence-electron chi connectivity index (χ0n) is 18.0. The van der Waals surface area contributed by atoms with Crippen LogP contribution < -0.4 is 5.32 Å². The summed E-state index contributed by atoms with van der Waals surface area (Å²) in [5.41, 5.74) is 3.22. The lowest BCUT2D eigenvalue weighted by Gasteiger charge is -2.11. The fraction of sp³-hybridized carbons (Fsp3) is 0.200. The molecule has 30 heavy (non-hydrogen) atoms. The molecule has 1 aromatic heterocycles. The predicted molar refractivity (Wildman–Crippen MR) is 122 cm³/mol. The minimum absolute atomic E-state index is 0.141. The lowest BCUT2D eigenvalue weighted by Crippen LogP contribution is -2.23. The van der Waals surface area contributed by atoms with Gasteiger partial charge in [0.25, 0.3) is 5.91 Å². The number of Topliss-reactive ketones (excluding diaryl/α,β-unsaturated/α-hetero) is 1. The second-order valence-corrected chi connectivity index (χ2v) is 6.67. The smallest absolute Gasteiger partial charge is 0.267 e. The lowest BCUT2D eigenvalue weighted by atomic mass is 9.99. The first-order valence-corrected chi connectivity index (χ1v) is 10.0. The highest BCUT2D eigenvalue weighted by molar-refractivity contribution is 6.29. The largest absolute Gasteiger partial charge is 0.383 e. The third-order valence-corrected chi connectivity index (χ3v) is 4.20. The Morgan fingerprint density at radius 1 is 0.933 bits per heavy atom. The van der Waals surface area contributed by atoms with Crippen molar-refractivity contribution in [3.8, 4) is 0 Å². The Hall–Kier alpha value is -3.60. The zero-order chi connectivity index (χ0) is 21.9. The molecule has 5 nitrogen and oxygen atoms in total. The van der Waals surface area contributed by atoms with Crippen LogP contribution in [0, 0.1) is 0 Å². The minimum atomic E-state index is -0.249. The quantitative estimate of drug-likeness (QED) is 0.442. The molecule has 0 saturated heterocycles. The Kier molecular flexibility index (Phi) is 8.63. The van der Waals surface area contributed by atoms with Gasteiger partial charge in [-0.25, -0.2) is 0 Å². The Balaban J connectivity index is 0.00000155. The van der Waals surface area contributed by atoms with Crippen LogP contribution in [-0.4, -0.2) is 35.7 Å². The minimum Gasteiger partial charge on any atom is -0.383 e. The second-order valence-electron chi connectivity index (χ2n) is 6.67. The molecule has 0 fully saturated rings. The number of aromatic nitrogens is 1. The van der Waals surface area contributed by atoms with E-state index in [0.717, 1.165) is 11.1 Å². The van der Waals surface area contributed by atoms with Gasteiger partial charge in [0, 0.05) is 44.2 Å². The number of amides is 1. The number of allylic oxidation sites excluding steroid dienone is 1. The molecule has 0 spiro atoms. The van der Waals surface area contributed by atoms with Crippen molar-refractivity contribution in [2.24, 2.45) is 0 Å². The first-order chi connectivity index (χ1) is 14.5. The van der Waals surface area contributed by atoms with Crippen LogP contribution in [-0.2, 0) is 6.54 Å². The van der Waals surface area contributed by atoms with Gasteiger partial charge in [0.2, 0.25) is 0 Å². The van der Waals surface area contributed by atoms with Gasteiger partial charge in [0.1, 0.15) is 5.69 Å². The molecule has 2 N–H and O–H groups in total. The third kappa shape index (κ3) is 6.21. The molecule has 0 radical (unpaired) electrons. The van der Waals surface area contributed by atoms with Gasteiger partial charge in [-0.3, -0.25) is 9.59 Å². The first kappa shape index (κ1) is 22.7. The lowest BCUT2D eigenvalue weighted by molar-refractivity contribution is 0.0946. The number of rotatable bonds is 7. The SMILES string of the molecule is CC.CN(C)/C=C(/C(=O)c1c[nH]c(C(=O)NCc2ccccc2)c1)c1ccccc1. The van der Waals surface area contributed by atoms with Gasteiger partial charge in [0.15, 0.2) is 5.78 Å². The summed E-state index contributed by atoms with van der Waals surface area (Å²) < 4.78 is 0. The topological polar surface area (TPSA) is 65.2 Å². The maximum atomic E-state index is 13.0. The van der Waals surface area contributed by atoms with E-state index in [1.807, 2.05) is 93.5 Å². The van der Waals surface area contributed by atoms with Crippen molar-refractivity contribution in [1.82, 2.24) is 15.2 Å². The number of H-pyrrole nitrogens is 1. The summed E-state index contributed by atoms with van der Waals surface area (Å²) in [7, 11) is 3.74. The summed E-state index contributed by atoms with van der Waals surface area (Å²) in [6.07, 6.45) is 3.37. The molecule has 0 saturated carbocycles. The first-order valence-electron chi connectivity index (χ1n) is 10.0. The molecule has 0 bridgehead atoms. The number of ketones is 1. The number of hydrogen-bond acceptors (Lipinski definition) is 3. The summed E-state index contributed by atoms with van der Waals surface area (Å²) in [5, 5.41) is 2.86. The maximum absolute atomic E-state index is 13.0. The number of nitrogens with one attached hydrogen (secondary N) is 2. The van der Waals surface area contributed by atoms with Crippen molar-refractivity contribution in [3.05, 3.63) is 102 Å². The summed E-state index contributed by atoms with van der Waals surface area (Å²) in [5.74, 6) is -0.390. The number of carbonyl (C=O) groups is 2. The third-order valence-electron chi connectivity index (χ3n) is 4.20. The van der Waals surface area contributed by atoms with E-state index in [1.165, 1.54) is 0 Å². The summed E-state index contributed by atoms with van der Waals surface area (Å²) in [4.78, 5) is 30.2. The highest BCUT2D eigenvalue weighted by atomic mass is 16.2. The molecule has 3 aromatic rings. The van der Waals surface area contributed by atoms with Crippen LogP contribution in [0.15, 0.2) is 79.1 Å². The molecule has 2 aromatic carbocycles. The second kappa shape index (κ2) is 11.4. The molecule has 5 heteroatoms. The van der Waals surface area contributed by atoms with Crippen molar-refractivity contribution in [2.45, 2.75) is 20.4 Å². The molecule has 156 valence electrons. The van der Waals surface area contributed by atoms with Crippen molar-refractivity contribution in [2.75, 3.05) is 14.1 Å². The van der Waals surface area contributed by atoms with Crippen molar-refractivity contribution >= 4 is 17.3 Å². The molecule has 0 atom stereocenters. The van der Waals surface area contributed by atoms with E-state index in [2.05, 4.69) is 10.3 Å². The van der Waals surface area contributed by atoms with Gasteiger partial charge in [-0.2, -0.15) is 0 Å². The molecular weight excluding hydrogens is 374 g/mol. The summed E-state index contributed by atoms with van der Waals surface area (Å²) in [6, 6.07) is 20.8. The number of aromatic amines is 1. The summed E-state index contributed by atoms with van der Waals surface area (Å²) >= 11 is 0. The molecule has 0 aliphatic rings. The number of hydrogen-bond donors (Lipinski definition) is 2. The van der Waals surface area contributed by atoms with Crippen molar-refractivity contribution in [1.29, 1.82) is 0 Å². The average Bonchev–Trinajstić information content (AvgIpc) is 3.28. The van der Waals surface area contributed by atoms with Gasteiger partial charge in [-0.15, -0.1) is 0 Å². The molecular formula is C25H29N3O2. The predicted octanol–water partition coefficient (Wildman–Crippen LogP) is 4.76. The van der Waals surface area contributed by atoms with Gasteiger partial charge < -0.3 is 15.2 Å². The number of carbonyl (C=O) groups excluding carboxylic acids is 2. The van der Waals surface area contributed by atoms with Crippen LogP contribution in [0.2, 0.25) is 0 Å². The molecule has 0 unspecified atom stereocenters. The van der Waals surface area contributed by atoms with E-state index in [9.17, 15) is 9.59 Å². The molecule has 3 rings (SSSR count). The van der Waals surface area contributed by atoms with E-state index >= 15 is 0 Å².